The van der Waals surface area contributed by atoms with E-state index in [-0.39, 0.29) is 5.91 Å². The third kappa shape index (κ3) is 3.00. The standard InChI is InChI=1S/C15H21ClN4O/c16-11-3-4-14(18-17)13(9-11)15(21)20-8-5-12(10-20)19-6-1-2-7-19/h3-4,9,12,18H,1-2,5-8,10,17H2. The van der Waals surface area contributed by atoms with Crippen molar-refractivity contribution in [2.24, 2.45) is 5.84 Å². The molecular weight excluding hydrogens is 288 g/mol. The Kier molecular flexibility index (Phi) is 4.33. The van der Waals surface area contributed by atoms with Gasteiger partial charge in [-0.05, 0) is 50.6 Å². The molecule has 0 aromatic heterocycles. The molecule has 6 heteroatoms. The Hall–Kier alpha value is -1.30. The van der Waals surface area contributed by atoms with E-state index in [0.29, 0.717) is 22.3 Å². The maximum absolute atomic E-state index is 12.7. The Morgan fingerprint density at radius 2 is 2.05 bits per heavy atom. The lowest BCUT2D eigenvalue weighted by Gasteiger charge is -2.24. The Morgan fingerprint density at radius 1 is 1.29 bits per heavy atom. The number of hydrazine groups is 1. The number of halogens is 1. The third-order valence-electron chi connectivity index (χ3n) is 4.48. The topological polar surface area (TPSA) is 61.6 Å². The van der Waals surface area contributed by atoms with E-state index in [1.807, 2.05) is 4.90 Å². The van der Waals surface area contributed by atoms with Crippen LogP contribution in [0.2, 0.25) is 5.02 Å². The zero-order chi connectivity index (χ0) is 14.8. The van der Waals surface area contributed by atoms with Gasteiger partial charge >= 0.3 is 0 Å². The van der Waals surface area contributed by atoms with Crippen LogP contribution in [-0.4, -0.2) is 47.9 Å². The maximum Gasteiger partial charge on any atom is 0.256 e. The molecule has 2 heterocycles. The van der Waals surface area contributed by atoms with Gasteiger partial charge in [0.2, 0.25) is 0 Å². The highest BCUT2D eigenvalue weighted by atomic mass is 35.5. The summed E-state index contributed by atoms with van der Waals surface area (Å²) in [6.07, 6.45) is 3.61. The molecule has 1 aromatic carbocycles. The van der Waals surface area contributed by atoms with E-state index in [1.165, 1.54) is 25.9 Å². The van der Waals surface area contributed by atoms with Crippen LogP contribution in [0.15, 0.2) is 18.2 Å². The fourth-order valence-electron chi connectivity index (χ4n) is 3.32. The number of carbonyl (C=O) groups is 1. The number of amides is 1. The monoisotopic (exact) mass is 308 g/mol. The zero-order valence-corrected chi connectivity index (χ0v) is 12.8. The van der Waals surface area contributed by atoms with Crippen molar-refractivity contribution in [3.8, 4) is 0 Å². The highest BCUT2D eigenvalue weighted by Gasteiger charge is 2.32. The van der Waals surface area contributed by atoms with Gasteiger partial charge in [-0.3, -0.25) is 15.5 Å². The second-order valence-electron chi connectivity index (χ2n) is 5.77. The van der Waals surface area contributed by atoms with Crippen LogP contribution in [0, 0.1) is 0 Å². The van der Waals surface area contributed by atoms with Gasteiger partial charge in [0.15, 0.2) is 0 Å². The maximum atomic E-state index is 12.7. The Labute approximate surface area is 130 Å². The Bertz CT molecular complexity index is 530. The molecule has 2 fully saturated rings. The van der Waals surface area contributed by atoms with Crippen LogP contribution < -0.4 is 11.3 Å². The number of rotatable bonds is 3. The van der Waals surface area contributed by atoms with E-state index >= 15 is 0 Å². The highest BCUT2D eigenvalue weighted by molar-refractivity contribution is 6.31. The number of nitrogens with one attached hydrogen (secondary N) is 1. The molecule has 1 aromatic rings. The Balaban J connectivity index is 1.72. The number of benzene rings is 1. The lowest BCUT2D eigenvalue weighted by molar-refractivity contribution is 0.0781. The number of anilines is 1. The van der Waals surface area contributed by atoms with Gasteiger partial charge < -0.3 is 10.3 Å². The second kappa shape index (κ2) is 6.22. The Morgan fingerprint density at radius 3 is 2.76 bits per heavy atom. The number of hydrogen-bond donors (Lipinski definition) is 2. The van der Waals surface area contributed by atoms with Gasteiger partial charge in [0.25, 0.3) is 5.91 Å². The molecule has 21 heavy (non-hydrogen) atoms. The number of nitrogen functional groups attached to an aromatic ring is 1. The van der Waals surface area contributed by atoms with Crippen molar-refractivity contribution < 1.29 is 4.79 Å². The molecule has 1 atom stereocenters. The quantitative estimate of drug-likeness (QED) is 0.662. The van der Waals surface area contributed by atoms with Crippen molar-refractivity contribution in [3.05, 3.63) is 28.8 Å². The first-order valence-corrected chi connectivity index (χ1v) is 7.86. The molecule has 0 aliphatic carbocycles. The first-order chi connectivity index (χ1) is 10.2. The minimum absolute atomic E-state index is 0.00662. The van der Waals surface area contributed by atoms with E-state index in [9.17, 15) is 4.79 Å². The van der Waals surface area contributed by atoms with E-state index in [1.54, 1.807) is 18.2 Å². The molecule has 1 amide bonds. The number of hydrogen-bond acceptors (Lipinski definition) is 4. The van der Waals surface area contributed by atoms with Crippen LogP contribution in [0.4, 0.5) is 5.69 Å². The van der Waals surface area contributed by atoms with Crippen molar-refractivity contribution in [3.63, 3.8) is 0 Å². The fourth-order valence-corrected chi connectivity index (χ4v) is 3.49. The summed E-state index contributed by atoms with van der Waals surface area (Å²) in [5, 5.41) is 0.549. The summed E-state index contributed by atoms with van der Waals surface area (Å²) in [4.78, 5) is 17.1. The van der Waals surface area contributed by atoms with E-state index in [0.717, 1.165) is 19.5 Å². The molecule has 0 radical (unpaired) electrons. The molecule has 1 unspecified atom stereocenters. The molecule has 0 saturated carbocycles. The first-order valence-electron chi connectivity index (χ1n) is 7.48. The second-order valence-corrected chi connectivity index (χ2v) is 6.21. The predicted octanol–water partition coefficient (Wildman–Crippen LogP) is 1.94. The van der Waals surface area contributed by atoms with Crippen molar-refractivity contribution in [1.82, 2.24) is 9.80 Å². The van der Waals surface area contributed by atoms with Crippen LogP contribution in [0.5, 0.6) is 0 Å². The molecular formula is C15H21ClN4O. The number of nitrogens with zero attached hydrogens (tertiary/aromatic N) is 2. The minimum atomic E-state index is 0.00662. The largest absolute Gasteiger partial charge is 0.337 e. The van der Waals surface area contributed by atoms with Crippen LogP contribution in [0.1, 0.15) is 29.6 Å². The molecule has 3 rings (SSSR count). The summed E-state index contributed by atoms with van der Waals surface area (Å²) in [5.74, 6) is 5.50. The van der Waals surface area contributed by atoms with Gasteiger partial charge in [-0.1, -0.05) is 11.6 Å². The van der Waals surface area contributed by atoms with Gasteiger partial charge in [0.05, 0.1) is 11.3 Å². The fraction of sp³-hybridized carbons (Fsp3) is 0.533. The van der Waals surface area contributed by atoms with Gasteiger partial charge in [0.1, 0.15) is 0 Å². The smallest absolute Gasteiger partial charge is 0.256 e. The normalized spacial score (nSPS) is 22.8. The average Bonchev–Trinajstić information content (AvgIpc) is 3.17. The van der Waals surface area contributed by atoms with Crippen LogP contribution in [0.25, 0.3) is 0 Å². The summed E-state index contributed by atoms with van der Waals surface area (Å²) in [6, 6.07) is 5.65. The van der Waals surface area contributed by atoms with E-state index in [4.69, 9.17) is 17.4 Å². The van der Waals surface area contributed by atoms with Gasteiger partial charge in [-0.2, -0.15) is 0 Å². The molecule has 2 aliphatic heterocycles. The summed E-state index contributed by atoms with van der Waals surface area (Å²) in [7, 11) is 0. The molecule has 0 spiro atoms. The van der Waals surface area contributed by atoms with Gasteiger partial charge in [0, 0.05) is 24.2 Å². The molecule has 0 bridgehead atoms. The van der Waals surface area contributed by atoms with Gasteiger partial charge in [-0.25, -0.2) is 0 Å². The lowest BCUT2D eigenvalue weighted by atomic mass is 10.1. The number of carbonyl (C=O) groups excluding carboxylic acids is 1. The molecule has 114 valence electrons. The zero-order valence-electron chi connectivity index (χ0n) is 12.0. The minimum Gasteiger partial charge on any atom is -0.337 e. The van der Waals surface area contributed by atoms with Crippen LogP contribution >= 0.6 is 11.6 Å². The predicted molar refractivity (Wildman–Crippen MR) is 84.4 cm³/mol. The lowest BCUT2D eigenvalue weighted by Crippen LogP contribution is -2.37. The van der Waals surface area contributed by atoms with Crippen molar-refractivity contribution in [1.29, 1.82) is 0 Å². The van der Waals surface area contributed by atoms with Crippen molar-refractivity contribution in [2.75, 3.05) is 31.6 Å². The van der Waals surface area contributed by atoms with Crippen molar-refractivity contribution >= 4 is 23.2 Å². The number of nitrogens with two attached hydrogens (primary N) is 1. The van der Waals surface area contributed by atoms with E-state index in [2.05, 4.69) is 10.3 Å². The van der Waals surface area contributed by atoms with E-state index < -0.39 is 0 Å². The summed E-state index contributed by atoms with van der Waals surface area (Å²) < 4.78 is 0. The molecule has 2 saturated heterocycles. The first kappa shape index (κ1) is 14.6. The summed E-state index contributed by atoms with van der Waals surface area (Å²) >= 11 is 6.01. The van der Waals surface area contributed by atoms with Crippen LogP contribution in [-0.2, 0) is 0 Å². The number of likely N-dealkylation sites (tertiary alicyclic amines) is 2. The van der Waals surface area contributed by atoms with Crippen molar-refractivity contribution in [2.45, 2.75) is 25.3 Å². The third-order valence-corrected chi connectivity index (χ3v) is 4.71. The average molecular weight is 309 g/mol. The van der Waals surface area contributed by atoms with Gasteiger partial charge in [-0.15, -0.1) is 0 Å². The summed E-state index contributed by atoms with van der Waals surface area (Å²) in [5.41, 5.74) is 3.74. The SMILES string of the molecule is NNc1ccc(Cl)cc1C(=O)N1CCC(N2CCCC2)C1. The molecule has 3 N–H and O–H groups in total. The summed E-state index contributed by atoms with van der Waals surface area (Å²) in [6.45, 7) is 3.94. The molecule has 2 aliphatic rings. The molecule has 5 nitrogen and oxygen atoms in total. The van der Waals surface area contributed by atoms with Crippen LogP contribution in [0.3, 0.4) is 0 Å². The highest BCUT2D eigenvalue weighted by Crippen LogP contribution is 2.25.